The van der Waals surface area contributed by atoms with E-state index in [0.29, 0.717) is 5.92 Å². The number of guanidine groups is 1. The van der Waals surface area contributed by atoms with Crippen LogP contribution < -0.4 is 5.32 Å². The minimum Gasteiger partial charge on any atom is -0.361 e. The molecule has 5 heteroatoms. The Balaban J connectivity index is 1.35. The summed E-state index contributed by atoms with van der Waals surface area (Å²) in [5, 5.41) is 4.42. The molecule has 1 unspecified atom stereocenters. The highest BCUT2D eigenvalue weighted by molar-refractivity contribution is 5.83. The van der Waals surface area contributed by atoms with Crippen LogP contribution in [0.4, 0.5) is 4.39 Å². The minimum atomic E-state index is -0.198. The van der Waals surface area contributed by atoms with E-state index < -0.39 is 0 Å². The van der Waals surface area contributed by atoms with Gasteiger partial charge in [-0.15, -0.1) is 0 Å². The average Bonchev–Trinajstić information content (AvgIpc) is 3.33. The third-order valence-corrected chi connectivity index (χ3v) is 5.38. The highest BCUT2D eigenvalue weighted by atomic mass is 19.1. The van der Waals surface area contributed by atoms with Gasteiger partial charge in [-0.25, -0.2) is 4.39 Å². The molecule has 0 amide bonds. The van der Waals surface area contributed by atoms with Crippen molar-refractivity contribution in [3.63, 3.8) is 0 Å². The van der Waals surface area contributed by atoms with Crippen LogP contribution in [0.5, 0.6) is 0 Å². The highest BCUT2D eigenvalue weighted by Gasteiger charge is 2.25. The smallest absolute Gasteiger partial charge is 0.193 e. The van der Waals surface area contributed by atoms with E-state index in [0.717, 1.165) is 54.9 Å². The highest BCUT2D eigenvalue weighted by Crippen LogP contribution is 2.27. The predicted molar refractivity (Wildman–Crippen MR) is 109 cm³/mol. The van der Waals surface area contributed by atoms with Gasteiger partial charge in [0, 0.05) is 49.7 Å². The summed E-state index contributed by atoms with van der Waals surface area (Å²) in [4.78, 5) is 9.99. The van der Waals surface area contributed by atoms with Gasteiger partial charge < -0.3 is 15.2 Å². The molecule has 0 bridgehead atoms. The molecule has 4 nitrogen and oxygen atoms in total. The maximum atomic E-state index is 13.5. The molecule has 0 aliphatic carbocycles. The number of likely N-dealkylation sites (tertiary alicyclic amines) is 1. The molecule has 0 radical (unpaired) electrons. The van der Waals surface area contributed by atoms with E-state index in [-0.39, 0.29) is 5.82 Å². The molecule has 1 saturated heterocycles. The number of hydrogen-bond acceptors (Lipinski definition) is 1. The fourth-order valence-corrected chi connectivity index (χ4v) is 3.95. The average molecular weight is 364 g/mol. The van der Waals surface area contributed by atoms with Crippen molar-refractivity contribution >= 4 is 16.9 Å². The number of aromatic nitrogens is 1. The Hall–Kier alpha value is -2.82. The van der Waals surface area contributed by atoms with Crippen LogP contribution in [-0.2, 0) is 6.42 Å². The Kier molecular flexibility index (Phi) is 5.10. The monoisotopic (exact) mass is 364 g/mol. The molecule has 3 aromatic rings. The number of aliphatic imine (C=N–C) groups is 1. The lowest BCUT2D eigenvalue weighted by Crippen LogP contribution is -2.40. The van der Waals surface area contributed by atoms with Gasteiger partial charge in [-0.3, -0.25) is 4.99 Å². The molecule has 1 atom stereocenters. The van der Waals surface area contributed by atoms with Crippen LogP contribution in [0, 0.1) is 5.82 Å². The Morgan fingerprint density at radius 2 is 2.11 bits per heavy atom. The maximum absolute atomic E-state index is 13.5. The second-order valence-corrected chi connectivity index (χ2v) is 7.07. The van der Waals surface area contributed by atoms with Crippen LogP contribution in [0.25, 0.3) is 10.9 Å². The fourth-order valence-electron chi connectivity index (χ4n) is 3.95. The summed E-state index contributed by atoms with van der Waals surface area (Å²) in [5.74, 6) is 1.30. The summed E-state index contributed by atoms with van der Waals surface area (Å²) in [5.41, 5.74) is 3.49. The van der Waals surface area contributed by atoms with Gasteiger partial charge in [0.05, 0.1) is 0 Å². The van der Waals surface area contributed by atoms with Crippen molar-refractivity contribution in [3.05, 3.63) is 71.7 Å². The summed E-state index contributed by atoms with van der Waals surface area (Å²) in [6, 6.07) is 15.6. The van der Waals surface area contributed by atoms with E-state index in [4.69, 9.17) is 0 Å². The third-order valence-electron chi connectivity index (χ3n) is 5.38. The molecule has 2 heterocycles. The molecular weight excluding hydrogens is 339 g/mol. The first-order valence-corrected chi connectivity index (χ1v) is 9.50. The number of nitrogens with zero attached hydrogens (tertiary/aromatic N) is 2. The zero-order chi connectivity index (χ0) is 18.6. The molecule has 0 saturated carbocycles. The zero-order valence-electron chi connectivity index (χ0n) is 15.6. The molecule has 1 fully saturated rings. The SMILES string of the molecule is CN=C(NCCc1c[nH]c2ccc(F)cc12)N1CCC(c2ccccc2)C1. The third kappa shape index (κ3) is 3.82. The van der Waals surface area contributed by atoms with Crippen LogP contribution in [0.2, 0.25) is 0 Å². The quantitative estimate of drug-likeness (QED) is 0.544. The Morgan fingerprint density at radius 1 is 1.26 bits per heavy atom. The Morgan fingerprint density at radius 3 is 2.93 bits per heavy atom. The Labute approximate surface area is 159 Å². The molecule has 2 N–H and O–H groups in total. The number of nitrogens with one attached hydrogen (secondary N) is 2. The van der Waals surface area contributed by atoms with Crippen molar-refractivity contribution in [2.45, 2.75) is 18.8 Å². The van der Waals surface area contributed by atoms with Gasteiger partial charge in [0.2, 0.25) is 0 Å². The molecule has 2 aromatic carbocycles. The molecule has 0 spiro atoms. The number of halogens is 1. The van der Waals surface area contributed by atoms with Gasteiger partial charge in [0.15, 0.2) is 5.96 Å². The largest absolute Gasteiger partial charge is 0.361 e. The van der Waals surface area contributed by atoms with Crippen LogP contribution in [0.1, 0.15) is 23.5 Å². The standard InChI is InChI=1S/C22H25FN4/c1-24-22(27-12-10-18(15-27)16-5-3-2-4-6-16)25-11-9-17-14-26-21-8-7-19(23)13-20(17)21/h2-8,13-14,18,26H,9-12,15H2,1H3,(H,24,25). The summed E-state index contributed by atoms with van der Waals surface area (Å²) in [6.07, 6.45) is 3.93. The van der Waals surface area contributed by atoms with Gasteiger partial charge in [-0.1, -0.05) is 30.3 Å². The van der Waals surface area contributed by atoms with Crippen molar-refractivity contribution in [2.75, 3.05) is 26.7 Å². The van der Waals surface area contributed by atoms with Crippen molar-refractivity contribution in [2.24, 2.45) is 4.99 Å². The van der Waals surface area contributed by atoms with Crippen LogP contribution in [0.15, 0.2) is 59.7 Å². The first-order valence-electron chi connectivity index (χ1n) is 9.50. The van der Waals surface area contributed by atoms with E-state index in [1.165, 1.54) is 11.6 Å². The number of fused-ring (bicyclic) bond motifs is 1. The topological polar surface area (TPSA) is 43.4 Å². The van der Waals surface area contributed by atoms with E-state index in [1.54, 1.807) is 12.1 Å². The summed E-state index contributed by atoms with van der Waals surface area (Å²) in [7, 11) is 1.83. The van der Waals surface area contributed by atoms with Crippen LogP contribution in [-0.4, -0.2) is 42.5 Å². The van der Waals surface area contributed by atoms with E-state index in [2.05, 4.69) is 50.5 Å². The maximum Gasteiger partial charge on any atom is 0.193 e. The van der Waals surface area contributed by atoms with Crippen LogP contribution >= 0.6 is 0 Å². The van der Waals surface area contributed by atoms with Gasteiger partial charge in [0.1, 0.15) is 5.82 Å². The van der Waals surface area contributed by atoms with Crippen LogP contribution in [0.3, 0.4) is 0 Å². The lowest BCUT2D eigenvalue weighted by atomic mass is 9.99. The molecule has 1 aliphatic rings. The van der Waals surface area contributed by atoms with Crippen molar-refractivity contribution in [3.8, 4) is 0 Å². The van der Waals surface area contributed by atoms with E-state index in [9.17, 15) is 4.39 Å². The molecule has 27 heavy (non-hydrogen) atoms. The van der Waals surface area contributed by atoms with Gasteiger partial charge in [-0.05, 0) is 42.2 Å². The Bertz CT molecular complexity index is 932. The van der Waals surface area contributed by atoms with Gasteiger partial charge in [0.25, 0.3) is 0 Å². The first-order chi connectivity index (χ1) is 13.2. The fraction of sp³-hybridized carbons (Fsp3) is 0.318. The molecule has 140 valence electrons. The molecule has 1 aliphatic heterocycles. The number of benzene rings is 2. The van der Waals surface area contributed by atoms with Crippen molar-refractivity contribution in [1.29, 1.82) is 0 Å². The normalized spacial score (nSPS) is 17.6. The first kappa shape index (κ1) is 17.6. The number of aromatic amines is 1. The van der Waals surface area contributed by atoms with E-state index in [1.807, 2.05) is 13.2 Å². The molecular formula is C22H25FN4. The predicted octanol–water partition coefficient (Wildman–Crippen LogP) is 3.91. The number of rotatable bonds is 4. The summed E-state index contributed by atoms with van der Waals surface area (Å²) >= 11 is 0. The number of hydrogen-bond donors (Lipinski definition) is 2. The molecule has 4 rings (SSSR count). The van der Waals surface area contributed by atoms with Crippen molar-refractivity contribution in [1.82, 2.24) is 15.2 Å². The van der Waals surface area contributed by atoms with E-state index >= 15 is 0 Å². The van der Waals surface area contributed by atoms with Gasteiger partial charge in [-0.2, -0.15) is 0 Å². The zero-order valence-corrected chi connectivity index (χ0v) is 15.6. The summed E-state index contributed by atoms with van der Waals surface area (Å²) in [6.45, 7) is 2.77. The lowest BCUT2D eigenvalue weighted by molar-refractivity contribution is 0.486. The lowest BCUT2D eigenvalue weighted by Gasteiger charge is -2.21. The minimum absolute atomic E-state index is 0.198. The molecule has 1 aromatic heterocycles. The number of H-pyrrole nitrogens is 1. The van der Waals surface area contributed by atoms with Gasteiger partial charge >= 0.3 is 0 Å². The van der Waals surface area contributed by atoms with Crippen molar-refractivity contribution < 1.29 is 4.39 Å². The second-order valence-electron chi connectivity index (χ2n) is 7.07. The summed E-state index contributed by atoms with van der Waals surface area (Å²) < 4.78 is 13.5. The second kappa shape index (κ2) is 7.82.